The van der Waals surface area contributed by atoms with E-state index in [4.69, 9.17) is 9.84 Å². The molecule has 0 aliphatic carbocycles. The normalized spacial score (nSPS) is 13.3. The summed E-state index contributed by atoms with van der Waals surface area (Å²) < 4.78 is 5.53. The van der Waals surface area contributed by atoms with Crippen molar-refractivity contribution in [2.75, 3.05) is 6.61 Å². The third kappa shape index (κ3) is 5.39. The van der Waals surface area contributed by atoms with Gasteiger partial charge in [0.05, 0.1) is 13.0 Å². The quantitative estimate of drug-likeness (QED) is 0.774. The summed E-state index contributed by atoms with van der Waals surface area (Å²) in [5.41, 5.74) is 2.31. The highest BCUT2D eigenvalue weighted by Gasteiger charge is 2.24. The van der Waals surface area contributed by atoms with Crippen molar-refractivity contribution in [1.29, 1.82) is 0 Å². The molecule has 0 radical (unpaired) electrons. The van der Waals surface area contributed by atoms with Gasteiger partial charge in [0.1, 0.15) is 11.8 Å². The van der Waals surface area contributed by atoms with Crippen molar-refractivity contribution in [2.24, 2.45) is 5.92 Å². The molecule has 0 aliphatic rings. The van der Waals surface area contributed by atoms with Crippen molar-refractivity contribution >= 4 is 11.9 Å². The molecule has 0 saturated carbocycles. The van der Waals surface area contributed by atoms with Crippen LogP contribution < -0.4 is 10.1 Å². The van der Waals surface area contributed by atoms with Crippen molar-refractivity contribution in [3.05, 3.63) is 29.3 Å². The summed E-state index contributed by atoms with van der Waals surface area (Å²) in [4.78, 5) is 23.0. The van der Waals surface area contributed by atoms with Gasteiger partial charge in [0.2, 0.25) is 5.91 Å². The first-order valence-corrected chi connectivity index (χ1v) is 7.57. The highest BCUT2D eigenvalue weighted by Crippen LogP contribution is 2.16. The second-order valence-electron chi connectivity index (χ2n) is 5.61. The van der Waals surface area contributed by atoms with Gasteiger partial charge in [-0.2, -0.15) is 0 Å². The van der Waals surface area contributed by atoms with Gasteiger partial charge in [0, 0.05) is 0 Å². The van der Waals surface area contributed by atoms with Gasteiger partial charge in [-0.25, -0.2) is 4.79 Å². The number of hydrogen-bond donors (Lipinski definition) is 2. The Balaban J connectivity index is 2.45. The lowest BCUT2D eigenvalue weighted by Gasteiger charge is -2.20. The number of aliphatic carboxylic acids is 1. The van der Waals surface area contributed by atoms with Crippen molar-refractivity contribution in [1.82, 2.24) is 5.32 Å². The predicted octanol–water partition coefficient (Wildman–Crippen LogP) is 2.69. The molecule has 5 heteroatoms. The van der Waals surface area contributed by atoms with Crippen LogP contribution in [0.5, 0.6) is 5.75 Å². The zero-order valence-electron chi connectivity index (χ0n) is 13.7. The SMILES string of the molecule is CCC(C)C(NC(=O)CCOc1ccc(C)c(C)c1)C(=O)O. The first-order chi connectivity index (χ1) is 10.3. The standard InChI is InChI=1S/C17H25NO4/c1-5-11(2)16(17(20)21)18-15(19)8-9-22-14-7-6-12(3)13(4)10-14/h6-7,10-11,16H,5,8-9H2,1-4H3,(H,18,19)(H,20,21). The van der Waals surface area contributed by atoms with Crippen molar-refractivity contribution < 1.29 is 19.4 Å². The Morgan fingerprint density at radius 1 is 1.27 bits per heavy atom. The molecule has 0 aliphatic heterocycles. The number of carbonyl (C=O) groups is 2. The maximum Gasteiger partial charge on any atom is 0.326 e. The molecule has 0 aromatic heterocycles. The van der Waals surface area contributed by atoms with Crippen LogP contribution in [0.1, 0.15) is 37.8 Å². The van der Waals surface area contributed by atoms with Crippen LogP contribution in [-0.4, -0.2) is 29.6 Å². The first-order valence-electron chi connectivity index (χ1n) is 7.57. The Bertz CT molecular complexity index is 527. The van der Waals surface area contributed by atoms with Gasteiger partial charge in [-0.3, -0.25) is 4.79 Å². The lowest BCUT2D eigenvalue weighted by Crippen LogP contribution is -2.45. The average Bonchev–Trinajstić information content (AvgIpc) is 2.47. The van der Waals surface area contributed by atoms with Crippen LogP contribution in [0.15, 0.2) is 18.2 Å². The Kier molecular flexibility index (Phi) is 6.89. The van der Waals surface area contributed by atoms with Crippen LogP contribution in [0, 0.1) is 19.8 Å². The fraction of sp³-hybridized carbons (Fsp3) is 0.529. The summed E-state index contributed by atoms with van der Waals surface area (Å²) in [5.74, 6) is -0.705. The lowest BCUT2D eigenvalue weighted by molar-refractivity contribution is -0.143. The Morgan fingerprint density at radius 2 is 1.95 bits per heavy atom. The molecule has 0 saturated heterocycles. The van der Waals surface area contributed by atoms with E-state index in [1.54, 1.807) is 0 Å². The Hall–Kier alpha value is -2.04. The molecule has 5 nitrogen and oxygen atoms in total. The van der Waals surface area contributed by atoms with Crippen molar-refractivity contribution in [3.63, 3.8) is 0 Å². The summed E-state index contributed by atoms with van der Waals surface area (Å²) in [7, 11) is 0. The topological polar surface area (TPSA) is 75.6 Å². The van der Waals surface area contributed by atoms with Gasteiger partial charge in [-0.05, 0) is 43.0 Å². The third-order valence-electron chi connectivity index (χ3n) is 3.87. The van der Waals surface area contributed by atoms with E-state index in [1.807, 2.05) is 45.9 Å². The number of carbonyl (C=O) groups excluding carboxylic acids is 1. The van der Waals surface area contributed by atoms with Crippen LogP contribution in [-0.2, 0) is 9.59 Å². The summed E-state index contributed by atoms with van der Waals surface area (Å²) in [6.45, 7) is 7.95. The second kappa shape index (κ2) is 8.41. The number of carboxylic acid groups (broad SMARTS) is 1. The third-order valence-corrected chi connectivity index (χ3v) is 3.87. The van der Waals surface area contributed by atoms with Crippen molar-refractivity contribution in [3.8, 4) is 5.75 Å². The number of carboxylic acids is 1. The number of rotatable bonds is 8. The molecule has 1 aromatic rings. The zero-order chi connectivity index (χ0) is 16.7. The largest absolute Gasteiger partial charge is 0.493 e. The zero-order valence-corrected chi connectivity index (χ0v) is 13.7. The molecule has 22 heavy (non-hydrogen) atoms. The minimum atomic E-state index is -1.00. The molecule has 1 aromatic carbocycles. The van der Waals surface area contributed by atoms with Crippen LogP contribution in [0.2, 0.25) is 0 Å². The fourth-order valence-corrected chi connectivity index (χ4v) is 1.99. The monoisotopic (exact) mass is 307 g/mol. The van der Waals surface area contributed by atoms with Crippen LogP contribution in [0.4, 0.5) is 0 Å². The molecule has 1 amide bonds. The summed E-state index contributed by atoms with van der Waals surface area (Å²) in [6.07, 6.45) is 0.823. The fourth-order valence-electron chi connectivity index (χ4n) is 1.99. The summed E-state index contributed by atoms with van der Waals surface area (Å²) in [5, 5.41) is 11.7. The van der Waals surface area contributed by atoms with Crippen molar-refractivity contribution in [2.45, 2.75) is 46.6 Å². The molecule has 2 atom stereocenters. The van der Waals surface area contributed by atoms with E-state index in [0.29, 0.717) is 12.2 Å². The molecule has 122 valence electrons. The highest BCUT2D eigenvalue weighted by atomic mass is 16.5. The molecule has 0 bridgehead atoms. The minimum absolute atomic E-state index is 0.109. The van der Waals surface area contributed by atoms with E-state index in [-0.39, 0.29) is 24.9 Å². The maximum atomic E-state index is 11.8. The van der Waals surface area contributed by atoms with Crippen LogP contribution >= 0.6 is 0 Å². The van der Waals surface area contributed by atoms with E-state index in [9.17, 15) is 9.59 Å². The van der Waals surface area contributed by atoms with Gasteiger partial charge in [0.15, 0.2) is 0 Å². The average molecular weight is 307 g/mol. The molecule has 2 N–H and O–H groups in total. The smallest absolute Gasteiger partial charge is 0.326 e. The minimum Gasteiger partial charge on any atom is -0.493 e. The van der Waals surface area contributed by atoms with E-state index >= 15 is 0 Å². The second-order valence-corrected chi connectivity index (χ2v) is 5.61. The molecule has 0 fully saturated rings. The molecule has 2 unspecified atom stereocenters. The number of hydrogen-bond acceptors (Lipinski definition) is 3. The molecule has 1 rings (SSSR count). The first kappa shape index (κ1) is 18.0. The van der Waals surface area contributed by atoms with E-state index in [1.165, 1.54) is 5.56 Å². The highest BCUT2D eigenvalue weighted by molar-refractivity contribution is 5.83. The molecule has 0 heterocycles. The number of nitrogens with one attached hydrogen (secondary N) is 1. The van der Waals surface area contributed by atoms with E-state index in [0.717, 1.165) is 5.56 Å². The van der Waals surface area contributed by atoms with Gasteiger partial charge in [0.25, 0.3) is 0 Å². The maximum absolute atomic E-state index is 11.8. The lowest BCUT2D eigenvalue weighted by atomic mass is 9.99. The summed E-state index contributed by atoms with van der Waals surface area (Å²) in [6, 6.07) is 4.90. The molecular formula is C17H25NO4. The van der Waals surface area contributed by atoms with Gasteiger partial charge >= 0.3 is 5.97 Å². The summed E-state index contributed by atoms with van der Waals surface area (Å²) >= 11 is 0. The molecular weight excluding hydrogens is 282 g/mol. The van der Waals surface area contributed by atoms with E-state index < -0.39 is 12.0 Å². The van der Waals surface area contributed by atoms with E-state index in [2.05, 4.69) is 5.32 Å². The van der Waals surface area contributed by atoms with Crippen LogP contribution in [0.3, 0.4) is 0 Å². The number of aryl methyl sites for hydroxylation is 2. The van der Waals surface area contributed by atoms with Gasteiger partial charge in [-0.1, -0.05) is 26.3 Å². The van der Waals surface area contributed by atoms with Gasteiger partial charge < -0.3 is 15.2 Å². The number of amides is 1. The van der Waals surface area contributed by atoms with Gasteiger partial charge in [-0.15, -0.1) is 0 Å². The Morgan fingerprint density at radius 3 is 2.50 bits per heavy atom. The molecule has 0 spiro atoms. The number of ether oxygens (including phenoxy) is 1. The Labute approximate surface area is 131 Å². The predicted molar refractivity (Wildman–Crippen MR) is 85.0 cm³/mol. The van der Waals surface area contributed by atoms with Crippen LogP contribution in [0.25, 0.3) is 0 Å². The number of benzene rings is 1.